The number of benzene rings is 2. The summed E-state index contributed by atoms with van der Waals surface area (Å²) >= 11 is 0. The van der Waals surface area contributed by atoms with Crippen LogP contribution in [0.4, 0.5) is 0 Å². The van der Waals surface area contributed by atoms with E-state index in [-0.39, 0.29) is 12.4 Å². The van der Waals surface area contributed by atoms with Gasteiger partial charge < -0.3 is 14.6 Å². The standard InChI is InChI=1S/C21H24N4O5S/c1-4-29-17-12-10-16(11-13-17)20-23-18(30-24-20)14-22-21(26)19(25(2)31(3,27)28)15-8-6-5-7-9-15/h5-13,19H,4,14H2,1-3H3,(H,22,26)/t19-/m1/s1. The van der Waals surface area contributed by atoms with Gasteiger partial charge in [-0.15, -0.1) is 0 Å². The van der Waals surface area contributed by atoms with Crippen LogP contribution in [0, 0.1) is 0 Å². The first-order valence-electron chi connectivity index (χ1n) is 9.61. The Kier molecular flexibility index (Phi) is 7.03. The van der Waals surface area contributed by atoms with Crippen molar-refractivity contribution in [1.29, 1.82) is 0 Å². The van der Waals surface area contributed by atoms with Crippen LogP contribution in [-0.2, 0) is 21.4 Å². The van der Waals surface area contributed by atoms with E-state index < -0.39 is 22.0 Å². The van der Waals surface area contributed by atoms with Crippen molar-refractivity contribution in [1.82, 2.24) is 19.8 Å². The Hall–Kier alpha value is -3.24. The number of nitrogens with zero attached hydrogens (tertiary/aromatic N) is 3. The van der Waals surface area contributed by atoms with Gasteiger partial charge in [-0.2, -0.15) is 9.29 Å². The summed E-state index contributed by atoms with van der Waals surface area (Å²) in [6, 6.07) is 14.9. The predicted octanol–water partition coefficient (Wildman–Crippen LogP) is 2.38. The minimum Gasteiger partial charge on any atom is -0.494 e. The smallest absolute Gasteiger partial charge is 0.246 e. The van der Waals surface area contributed by atoms with Crippen LogP contribution in [0.1, 0.15) is 24.4 Å². The third-order valence-corrected chi connectivity index (χ3v) is 5.81. The molecule has 3 rings (SSSR count). The molecule has 2 aromatic carbocycles. The van der Waals surface area contributed by atoms with Gasteiger partial charge in [-0.25, -0.2) is 8.42 Å². The molecule has 0 bridgehead atoms. The number of hydrogen-bond acceptors (Lipinski definition) is 7. The van der Waals surface area contributed by atoms with Gasteiger partial charge in [0.25, 0.3) is 0 Å². The highest BCUT2D eigenvalue weighted by Crippen LogP contribution is 2.23. The molecule has 1 heterocycles. The number of carbonyl (C=O) groups excluding carboxylic acids is 1. The number of nitrogens with one attached hydrogen (secondary N) is 1. The van der Waals surface area contributed by atoms with Gasteiger partial charge in [0.15, 0.2) is 0 Å². The van der Waals surface area contributed by atoms with Crippen molar-refractivity contribution < 1.29 is 22.5 Å². The molecule has 0 saturated carbocycles. The average Bonchev–Trinajstić information content (AvgIpc) is 3.22. The van der Waals surface area contributed by atoms with E-state index in [0.29, 0.717) is 18.0 Å². The largest absolute Gasteiger partial charge is 0.494 e. The number of rotatable bonds is 9. The first-order valence-corrected chi connectivity index (χ1v) is 11.5. The van der Waals surface area contributed by atoms with E-state index >= 15 is 0 Å². The molecule has 0 aliphatic rings. The SMILES string of the molecule is CCOc1ccc(-c2noc(CNC(=O)[C@@H](c3ccccc3)N(C)S(C)(=O)=O)n2)cc1. The molecule has 0 saturated heterocycles. The summed E-state index contributed by atoms with van der Waals surface area (Å²) in [5.74, 6) is 0.815. The van der Waals surface area contributed by atoms with Gasteiger partial charge in [0, 0.05) is 12.6 Å². The normalized spacial score (nSPS) is 12.5. The van der Waals surface area contributed by atoms with E-state index in [1.54, 1.807) is 30.3 Å². The molecule has 0 aliphatic heterocycles. The molecule has 9 nitrogen and oxygen atoms in total. The molecule has 3 aromatic rings. The third-order valence-electron chi connectivity index (χ3n) is 4.56. The number of ether oxygens (including phenoxy) is 1. The molecule has 1 N–H and O–H groups in total. The second-order valence-electron chi connectivity index (χ2n) is 6.78. The van der Waals surface area contributed by atoms with Gasteiger partial charge >= 0.3 is 0 Å². The highest BCUT2D eigenvalue weighted by molar-refractivity contribution is 7.88. The Labute approximate surface area is 181 Å². The Morgan fingerprint density at radius 2 is 1.84 bits per heavy atom. The summed E-state index contributed by atoms with van der Waals surface area (Å²) in [6.45, 7) is 2.44. The number of sulfonamides is 1. The van der Waals surface area contributed by atoms with Crippen molar-refractivity contribution in [3.8, 4) is 17.1 Å². The first kappa shape index (κ1) is 22.4. The fourth-order valence-electron chi connectivity index (χ4n) is 2.92. The summed E-state index contributed by atoms with van der Waals surface area (Å²) in [7, 11) is -2.24. The maximum Gasteiger partial charge on any atom is 0.246 e. The van der Waals surface area contributed by atoms with Crippen LogP contribution in [-0.4, -0.2) is 48.7 Å². The summed E-state index contributed by atoms with van der Waals surface area (Å²) in [5.41, 5.74) is 1.29. The van der Waals surface area contributed by atoms with Crippen molar-refractivity contribution in [3.05, 3.63) is 66.1 Å². The minimum absolute atomic E-state index is 0.0379. The predicted molar refractivity (Wildman–Crippen MR) is 115 cm³/mol. The van der Waals surface area contributed by atoms with Crippen molar-refractivity contribution in [2.75, 3.05) is 19.9 Å². The summed E-state index contributed by atoms with van der Waals surface area (Å²) < 4.78 is 35.7. The lowest BCUT2D eigenvalue weighted by atomic mass is 10.1. The molecule has 0 spiro atoms. The molecule has 1 amide bonds. The highest BCUT2D eigenvalue weighted by atomic mass is 32.2. The summed E-state index contributed by atoms with van der Waals surface area (Å²) in [4.78, 5) is 17.1. The fourth-order valence-corrected chi connectivity index (χ4v) is 3.52. The van der Waals surface area contributed by atoms with E-state index in [2.05, 4.69) is 15.5 Å². The number of hydrogen-bond donors (Lipinski definition) is 1. The van der Waals surface area contributed by atoms with Gasteiger partial charge in [0.1, 0.15) is 11.8 Å². The monoisotopic (exact) mass is 444 g/mol. The molecular weight excluding hydrogens is 420 g/mol. The Balaban J connectivity index is 1.71. The second kappa shape index (κ2) is 9.71. The lowest BCUT2D eigenvalue weighted by Crippen LogP contribution is -2.41. The van der Waals surface area contributed by atoms with E-state index in [0.717, 1.165) is 21.9 Å². The molecule has 0 radical (unpaired) electrons. The summed E-state index contributed by atoms with van der Waals surface area (Å²) in [5, 5.41) is 6.61. The van der Waals surface area contributed by atoms with E-state index in [4.69, 9.17) is 9.26 Å². The van der Waals surface area contributed by atoms with Gasteiger partial charge in [0.2, 0.25) is 27.6 Å². The maximum absolute atomic E-state index is 12.9. The zero-order chi connectivity index (χ0) is 22.4. The van der Waals surface area contributed by atoms with E-state index in [9.17, 15) is 13.2 Å². The van der Waals surface area contributed by atoms with Crippen molar-refractivity contribution in [3.63, 3.8) is 0 Å². The van der Waals surface area contributed by atoms with Gasteiger partial charge in [-0.3, -0.25) is 4.79 Å². The molecule has 31 heavy (non-hydrogen) atoms. The molecule has 0 fully saturated rings. The zero-order valence-corrected chi connectivity index (χ0v) is 18.3. The van der Waals surface area contributed by atoms with Gasteiger partial charge in [-0.1, -0.05) is 35.5 Å². The number of amides is 1. The Morgan fingerprint density at radius 3 is 2.45 bits per heavy atom. The zero-order valence-electron chi connectivity index (χ0n) is 17.5. The van der Waals surface area contributed by atoms with Crippen LogP contribution in [0.15, 0.2) is 59.1 Å². The van der Waals surface area contributed by atoms with Crippen LogP contribution in [0.2, 0.25) is 0 Å². The van der Waals surface area contributed by atoms with Crippen LogP contribution in [0.25, 0.3) is 11.4 Å². The lowest BCUT2D eigenvalue weighted by molar-refractivity contribution is -0.125. The van der Waals surface area contributed by atoms with Gasteiger partial charge in [-0.05, 0) is 36.8 Å². The van der Waals surface area contributed by atoms with Crippen LogP contribution >= 0.6 is 0 Å². The summed E-state index contributed by atoms with van der Waals surface area (Å²) in [6.07, 6.45) is 1.05. The second-order valence-corrected chi connectivity index (χ2v) is 8.82. The van der Waals surface area contributed by atoms with E-state index in [1.165, 1.54) is 7.05 Å². The minimum atomic E-state index is -3.61. The number of carbonyl (C=O) groups is 1. The van der Waals surface area contributed by atoms with Crippen LogP contribution in [0.3, 0.4) is 0 Å². The maximum atomic E-state index is 12.9. The quantitative estimate of drug-likeness (QED) is 0.539. The van der Waals surface area contributed by atoms with Crippen LogP contribution in [0.5, 0.6) is 5.75 Å². The molecule has 10 heteroatoms. The molecule has 1 atom stereocenters. The van der Waals surface area contributed by atoms with Crippen molar-refractivity contribution >= 4 is 15.9 Å². The molecular formula is C21H24N4O5S. The molecule has 1 aromatic heterocycles. The Bertz CT molecular complexity index is 1110. The topological polar surface area (TPSA) is 115 Å². The lowest BCUT2D eigenvalue weighted by Gasteiger charge is -2.25. The van der Waals surface area contributed by atoms with E-state index in [1.807, 2.05) is 31.2 Å². The third kappa shape index (κ3) is 5.68. The number of likely N-dealkylation sites (N-methyl/N-ethyl adjacent to an activating group) is 1. The van der Waals surface area contributed by atoms with Crippen molar-refractivity contribution in [2.24, 2.45) is 0 Å². The Morgan fingerprint density at radius 1 is 1.16 bits per heavy atom. The van der Waals surface area contributed by atoms with Gasteiger partial charge in [0.05, 0.1) is 19.4 Å². The van der Waals surface area contributed by atoms with Crippen LogP contribution < -0.4 is 10.1 Å². The fraction of sp³-hybridized carbons (Fsp3) is 0.286. The first-order chi connectivity index (χ1) is 14.8. The molecule has 164 valence electrons. The number of aromatic nitrogens is 2. The van der Waals surface area contributed by atoms with Crippen molar-refractivity contribution in [2.45, 2.75) is 19.5 Å². The molecule has 0 aliphatic carbocycles. The molecule has 0 unspecified atom stereocenters. The average molecular weight is 445 g/mol. The highest BCUT2D eigenvalue weighted by Gasteiger charge is 2.30.